The first-order chi connectivity index (χ1) is 12.7. The highest BCUT2D eigenvalue weighted by Crippen LogP contribution is 2.28. The molecule has 0 atom stereocenters. The van der Waals surface area contributed by atoms with E-state index < -0.39 is 0 Å². The van der Waals surface area contributed by atoms with Crippen LogP contribution in [0.5, 0.6) is 5.75 Å². The predicted octanol–water partition coefficient (Wildman–Crippen LogP) is 4.86. The van der Waals surface area contributed by atoms with Crippen molar-refractivity contribution in [2.45, 2.75) is 6.54 Å². The molecule has 0 unspecified atom stereocenters. The molecule has 2 heterocycles. The first kappa shape index (κ1) is 16.8. The van der Waals surface area contributed by atoms with E-state index in [-0.39, 0.29) is 5.56 Å². The van der Waals surface area contributed by atoms with E-state index in [1.165, 1.54) is 4.68 Å². The maximum Gasteiger partial charge on any atom is 0.274 e. The maximum absolute atomic E-state index is 12.8. The van der Waals surface area contributed by atoms with Gasteiger partial charge in [-0.25, -0.2) is 4.68 Å². The van der Waals surface area contributed by atoms with Crippen LogP contribution in [-0.4, -0.2) is 16.4 Å². The van der Waals surface area contributed by atoms with Crippen LogP contribution in [0.1, 0.15) is 0 Å². The lowest BCUT2D eigenvalue weighted by Gasteiger charge is -2.11. The molecule has 4 nitrogen and oxygen atoms in total. The number of benzene rings is 2. The average molecular weight is 383 g/mol. The zero-order valence-corrected chi connectivity index (χ0v) is 15.3. The Morgan fingerprint density at radius 3 is 2.54 bits per heavy atom. The number of halogens is 1. The Morgan fingerprint density at radius 2 is 1.77 bits per heavy atom. The van der Waals surface area contributed by atoms with Gasteiger partial charge in [0.05, 0.1) is 21.8 Å². The molecule has 0 amide bonds. The minimum Gasteiger partial charge on any atom is -0.490 e. The quantitative estimate of drug-likeness (QED) is 0.495. The van der Waals surface area contributed by atoms with E-state index in [9.17, 15) is 4.79 Å². The van der Waals surface area contributed by atoms with Gasteiger partial charge in [0.15, 0.2) is 0 Å². The number of hydrogen-bond donors (Lipinski definition) is 0. The lowest BCUT2D eigenvalue weighted by Crippen LogP contribution is -2.26. The third kappa shape index (κ3) is 3.23. The number of para-hydroxylation sites is 1. The van der Waals surface area contributed by atoms with E-state index in [0.29, 0.717) is 29.3 Å². The molecule has 0 spiro atoms. The fourth-order valence-electron chi connectivity index (χ4n) is 2.79. The van der Waals surface area contributed by atoms with Crippen LogP contribution < -0.4 is 10.3 Å². The summed E-state index contributed by atoms with van der Waals surface area (Å²) in [4.78, 5) is 13.8. The summed E-state index contributed by atoms with van der Waals surface area (Å²) < 4.78 is 7.18. The molecule has 0 aliphatic carbocycles. The number of hydrogen-bond acceptors (Lipinski definition) is 4. The number of ether oxygens (including phenoxy) is 1. The molecule has 0 fully saturated rings. The number of rotatable bonds is 5. The van der Waals surface area contributed by atoms with Crippen LogP contribution in [-0.2, 0) is 6.54 Å². The molecular weight excluding hydrogens is 368 g/mol. The standard InChI is InChI=1S/C20H15ClN2O2S/c21-16-8-3-4-9-17(16)25-12-11-23-20(24)15-7-2-1-6-14(15)19(22-23)18-10-5-13-26-18/h1-10,13H,11-12H2. The van der Waals surface area contributed by atoms with Gasteiger partial charge >= 0.3 is 0 Å². The largest absolute Gasteiger partial charge is 0.490 e. The molecule has 0 aliphatic rings. The number of thiophene rings is 1. The molecule has 0 saturated heterocycles. The van der Waals surface area contributed by atoms with Crippen molar-refractivity contribution < 1.29 is 4.74 Å². The minimum atomic E-state index is -0.122. The Kier molecular flexibility index (Phi) is 4.73. The van der Waals surface area contributed by atoms with Crippen LogP contribution in [0.2, 0.25) is 5.02 Å². The second-order valence-corrected chi connectivity index (χ2v) is 7.03. The van der Waals surface area contributed by atoms with Gasteiger partial charge in [-0.1, -0.05) is 48.0 Å². The Hall–Kier alpha value is -2.63. The Morgan fingerprint density at radius 1 is 1.00 bits per heavy atom. The first-order valence-electron chi connectivity index (χ1n) is 8.15. The summed E-state index contributed by atoms with van der Waals surface area (Å²) in [5, 5.41) is 8.67. The summed E-state index contributed by atoms with van der Waals surface area (Å²) in [5.74, 6) is 0.599. The molecule has 2 aromatic carbocycles. The molecule has 0 bridgehead atoms. The van der Waals surface area contributed by atoms with E-state index in [1.807, 2.05) is 53.9 Å². The second-order valence-electron chi connectivity index (χ2n) is 5.68. The van der Waals surface area contributed by atoms with E-state index in [2.05, 4.69) is 5.10 Å². The Balaban J connectivity index is 1.68. The average Bonchev–Trinajstić information content (AvgIpc) is 3.20. The van der Waals surface area contributed by atoms with Gasteiger partial charge in [-0.2, -0.15) is 5.10 Å². The van der Waals surface area contributed by atoms with Gasteiger partial charge in [-0.15, -0.1) is 11.3 Å². The molecule has 130 valence electrons. The highest BCUT2D eigenvalue weighted by Gasteiger charge is 2.12. The third-order valence-corrected chi connectivity index (χ3v) is 5.21. The van der Waals surface area contributed by atoms with Crippen molar-refractivity contribution in [3.63, 3.8) is 0 Å². The van der Waals surface area contributed by atoms with E-state index in [4.69, 9.17) is 16.3 Å². The highest BCUT2D eigenvalue weighted by atomic mass is 35.5. The van der Waals surface area contributed by atoms with Crippen molar-refractivity contribution in [1.82, 2.24) is 9.78 Å². The van der Waals surface area contributed by atoms with Crippen molar-refractivity contribution in [3.05, 3.63) is 81.4 Å². The summed E-state index contributed by atoms with van der Waals surface area (Å²) in [6.45, 7) is 0.645. The topological polar surface area (TPSA) is 44.1 Å². The van der Waals surface area contributed by atoms with E-state index >= 15 is 0 Å². The molecule has 26 heavy (non-hydrogen) atoms. The Labute approximate surface area is 159 Å². The lowest BCUT2D eigenvalue weighted by molar-refractivity contribution is 0.289. The van der Waals surface area contributed by atoms with Gasteiger partial charge < -0.3 is 4.74 Å². The molecule has 2 aromatic heterocycles. The van der Waals surface area contributed by atoms with Crippen LogP contribution in [0.25, 0.3) is 21.3 Å². The fraction of sp³-hybridized carbons (Fsp3) is 0.100. The van der Waals surface area contributed by atoms with Gasteiger partial charge in [-0.05, 0) is 29.6 Å². The van der Waals surface area contributed by atoms with Crippen molar-refractivity contribution in [1.29, 1.82) is 0 Å². The van der Waals surface area contributed by atoms with Crippen molar-refractivity contribution >= 4 is 33.7 Å². The monoisotopic (exact) mass is 382 g/mol. The van der Waals surface area contributed by atoms with Gasteiger partial charge in [0.2, 0.25) is 0 Å². The van der Waals surface area contributed by atoms with Crippen LogP contribution in [0.15, 0.2) is 70.8 Å². The molecule has 6 heteroatoms. The number of aromatic nitrogens is 2. The zero-order valence-electron chi connectivity index (χ0n) is 13.8. The molecule has 0 saturated carbocycles. The van der Waals surface area contributed by atoms with Crippen LogP contribution in [0.3, 0.4) is 0 Å². The van der Waals surface area contributed by atoms with Gasteiger partial charge in [0.1, 0.15) is 18.1 Å². The highest BCUT2D eigenvalue weighted by molar-refractivity contribution is 7.13. The normalized spacial score (nSPS) is 11.0. The van der Waals surface area contributed by atoms with Crippen molar-refractivity contribution in [2.24, 2.45) is 0 Å². The lowest BCUT2D eigenvalue weighted by atomic mass is 10.1. The number of fused-ring (bicyclic) bond motifs is 1. The molecule has 4 aromatic rings. The summed E-state index contributed by atoms with van der Waals surface area (Å²) in [7, 11) is 0. The summed E-state index contributed by atoms with van der Waals surface area (Å²) >= 11 is 7.70. The molecule has 0 N–H and O–H groups in total. The smallest absolute Gasteiger partial charge is 0.274 e. The van der Waals surface area contributed by atoms with Gasteiger partial charge in [-0.3, -0.25) is 4.79 Å². The predicted molar refractivity (Wildman–Crippen MR) is 106 cm³/mol. The second kappa shape index (κ2) is 7.32. The fourth-order valence-corrected chi connectivity index (χ4v) is 3.70. The van der Waals surface area contributed by atoms with E-state index in [0.717, 1.165) is 16.0 Å². The summed E-state index contributed by atoms with van der Waals surface area (Å²) in [6.07, 6.45) is 0. The van der Waals surface area contributed by atoms with Crippen molar-refractivity contribution in [2.75, 3.05) is 6.61 Å². The first-order valence-corrected chi connectivity index (χ1v) is 9.41. The number of nitrogens with zero attached hydrogens (tertiary/aromatic N) is 2. The molecular formula is C20H15ClN2O2S. The van der Waals surface area contributed by atoms with Gasteiger partial charge in [0.25, 0.3) is 5.56 Å². The zero-order chi connectivity index (χ0) is 17.9. The summed E-state index contributed by atoms with van der Waals surface area (Å²) in [5.41, 5.74) is 0.691. The van der Waals surface area contributed by atoms with Crippen LogP contribution in [0, 0.1) is 0 Å². The summed E-state index contributed by atoms with van der Waals surface area (Å²) in [6, 6.07) is 18.8. The molecule has 0 radical (unpaired) electrons. The Bertz CT molecular complexity index is 1110. The third-order valence-electron chi connectivity index (χ3n) is 4.02. The SMILES string of the molecule is O=c1c2ccccc2c(-c2cccs2)nn1CCOc1ccccc1Cl. The minimum absolute atomic E-state index is 0.122. The van der Waals surface area contributed by atoms with Gasteiger partial charge in [0, 0.05) is 5.39 Å². The molecule has 0 aliphatic heterocycles. The van der Waals surface area contributed by atoms with Crippen LogP contribution >= 0.6 is 22.9 Å². The maximum atomic E-state index is 12.8. The van der Waals surface area contributed by atoms with E-state index in [1.54, 1.807) is 23.5 Å². The van der Waals surface area contributed by atoms with Crippen molar-refractivity contribution in [3.8, 4) is 16.3 Å². The molecule has 4 rings (SSSR count). The van der Waals surface area contributed by atoms with Crippen LogP contribution in [0.4, 0.5) is 0 Å².